The normalized spacial score (nSPS) is 11.6. The van der Waals surface area contributed by atoms with Crippen molar-refractivity contribution in [3.8, 4) is 22.6 Å². The van der Waals surface area contributed by atoms with Gasteiger partial charge in [-0.2, -0.15) is 0 Å². The van der Waals surface area contributed by atoms with Gasteiger partial charge in [0.1, 0.15) is 5.75 Å². The smallest absolute Gasteiger partial charge is 0.343 e. The lowest BCUT2D eigenvalue weighted by Crippen LogP contribution is -2.09. The number of ether oxygens (including phenoxy) is 3. The van der Waals surface area contributed by atoms with Gasteiger partial charge < -0.3 is 14.2 Å². The van der Waals surface area contributed by atoms with Crippen LogP contribution in [0.4, 0.5) is 4.39 Å². The maximum absolute atomic E-state index is 14.6. The van der Waals surface area contributed by atoms with Gasteiger partial charge in [-0.3, -0.25) is 0 Å². The van der Waals surface area contributed by atoms with E-state index in [1.807, 2.05) is 24.3 Å². The van der Waals surface area contributed by atoms with Crippen LogP contribution in [0.25, 0.3) is 11.1 Å². The highest BCUT2D eigenvalue weighted by Gasteiger charge is 2.14. The van der Waals surface area contributed by atoms with Gasteiger partial charge in [0.15, 0.2) is 11.6 Å². The monoisotopic (exact) mass is 576 g/mol. The Bertz CT molecular complexity index is 1240. The van der Waals surface area contributed by atoms with Crippen molar-refractivity contribution in [1.29, 1.82) is 0 Å². The summed E-state index contributed by atoms with van der Waals surface area (Å²) in [6.07, 6.45) is 11.4. The lowest BCUT2D eigenvalue weighted by Gasteiger charge is -2.10. The summed E-state index contributed by atoms with van der Waals surface area (Å²) in [6, 6.07) is 18.3. The minimum Gasteiger partial charge on any atom is -0.491 e. The third kappa shape index (κ3) is 11.0. The number of halogens is 1. The van der Waals surface area contributed by atoms with E-state index in [4.69, 9.17) is 14.2 Å². The highest BCUT2D eigenvalue weighted by Crippen LogP contribution is 2.25. The van der Waals surface area contributed by atoms with Crippen LogP contribution >= 0.6 is 0 Å². The Morgan fingerprint density at radius 2 is 1.31 bits per heavy atom. The summed E-state index contributed by atoms with van der Waals surface area (Å²) in [6.45, 7) is 7.34. The Hall–Kier alpha value is -3.67. The quantitative estimate of drug-likeness (QED) is 0.0857. The molecule has 0 saturated carbocycles. The average Bonchev–Trinajstić information content (AvgIpc) is 3.01. The number of esters is 2. The lowest BCUT2D eigenvalue weighted by atomic mass is 10.0. The molecule has 6 heteroatoms. The molecule has 0 bridgehead atoms. The molecule has 0 aliphatic carbocycles. The van der Waals surface area contributed by atoms with Crippen molar-refractivity contribution in [2.75, 3.05) is 13.2 Å². The Labute approximate surface area is 250 Å². The van der Waals surface area contributed by atoms with Gasteiger partial charge in [0, 0.05) is 0 Å². The second-order valence-corrected chi connectivity index (χ2v) is 10.9. The first-order chi connectivity index (χ1) is 20.4. The van der Waals surface area contributed by atoms with Crippen LogP contribution in [0.15, 0.2) is 66.7 Å². The fourth-order valence-corrected chi connectivity index (χ4v) is 4.48. The molecule has 1 atom stereocenters. The van der Waals surface area contributed by atoms with Crippen molar-refractivity contribution in [3.63, 3.8) is 0 Å². The number of carbonyl (C=O) groups excluding carboxylic acids is 2. The molecule has 226 valence electrons. The first kappa shape index (κ1) is 32.8. The Balaban J connectivity index is 1.45. The van der Waals surface area contributed by atoms with Crippen molar-refractivity contribution in [2.45, 2.75) is 85.0 Å². The van der Waals surface area contributed by atoms with Crippen molar-refractivity contribution < 1.29 is 28.2 Å². The summed E-state index contributed by atoms with van der Waals surface area (Å²) in [5.41, 5.74) is 2.43. The summed E-state index contributed by atoms with van der Waals surface area (Å²) in [5.74, 6) is -0.538. The summed E-state index contributed by atoms with van der Waals surface area (Å²) < 4.78 is 31.0. The van der Waals surface area contributed by atoms with E-state index in [2.05, 4.69) is 20.8 Å². The van der Waals surface area contributed by atoms with Crippen LogP contribution in [-0.4, -0.2) is 25.2 Å². The van der Waals surface area contributed by atoms with E-state index < -0.39 is 11.8 Å². The van der Waals surface area contributed by atoms with Gasteiger partial charge in [0.25, 0.3) is 0 Å². The van der Waals surface area contributed by atoms with E-state index in [1.165, 1.54) is 50.7 Å². The fraction of sp³-hybridized carbons (Fsp3) is 0.444. The van der Waals surface area contributed by atoms with Crippen LogP contribution in [-0.2, 0) is 4.74 Å². The zero-order valence-corrected chi connectivity index (χ0v) is 25.3. The Morgan fingerprint density at radius 3 is 1.93 bits per heavy atom. The van der Waals surface area contributed by atoms with Gasteiger partial charge in [-0.1, -0.05) is 96.4 Å². The van der Waals surface area contributed by atoms with Gasteiger partial charge in [0.2, 0.25) is 0 Å². The molecule has 0 N–H and O–H groups in total. The fourth-order valence-electron chi connectivity index (χ4n) is 4.48. The largest absolute Gasteiger partial charge is 0.491 e. The highest BCUT2D eigenvalue weighted by atomic mass is 19.1. The average molecular weight is 577 g/mol. The molecule has 3 aromatic rings. The van der Waals surface area contributed by atoms with Crippen LogP contribution in [0.3, 0.4) is 0 Å². The van der Waals surface area contributed by atoms with Gasteiger partial charge in [0.05, 0.1) is 24.3 Å². The molecule has 0 saturated heterocycles. The van der Waals surface area contributed by atoms with Gasteiger partial charge >= 0.3 is 11.9 Å². The number of carbonyl (C=O) groups is 2. The maximum Gasteiger partial charge on any atom is 0.343 e. The molecule has 5 nitrogen and oxygen atoms in total. The molecular weight excluding hydrogens is 531 g/mol. The molecule has 3 aromatic carbocycles. The number of hydrogen-bond donors (Lipinski definition) is 0. The second-order valence-electron chi connectivity index (χ2n) is 10.9. The molecular formula is C36H45FO5. The van der Waals surface area contributed by atoms with Crippen molar-refractivity contribution >= 4 is 11.9 Å². The summed E-state index contributed by atoms with van der Waals surface area (Å²) in [5, 5.41) is 0. The molecule has 0 aromatic heterocycles. The van der Waals surface area contributed by atoms with Crippen LogP contribution in [0.5, 0.6) is 11.5 Å². The third-order valence-corrected chi connectivity index (χ3v) is 7.48. The van der Waals surface area contributed by atoms with Crippen LogP contribution in [0.2, 0.25) is 0 Å². The molecule has 3 rings (SSSR count). The molecule has 0 aliphatic heterocycles. The molecule has 0 fully saturated rings. The first-order valence-electron chi connectivity index (χ1n) is 15.4. The molecule has 0 unspecified atom stereocenters. The molecule has 0 radical (unpaired) electrons. The Morgan fingerprint density at radius 1 is 0.714 bits per heavy atom. The van der Waals surface area contributed by atoms with Crippen molar-refractivity contribution in [2.24, 2.45) is 5.92 Å². The summed E-state index contributed by atoms with van der Waals surface area (Å²) in [7, 11) is 0. The number of benzene rings is 3. The van der Waals surface area contributed by atoms with E-state index in [1.54, 1.807) is 24.3 Å². The topological polar surface area (TPSA) is 61.8 Å². The minimum atomic E-state index is -0.646. The SMILES string of the molecule is CCCCCCCCCCOc1ccc(C(=O)Oc2ccc(-c3ccc(C(=O)OCC[C@@H](C)CC)cc3)cc2)cc1F. The standard InChI is InChI=1S/C36H45FO5/c1-4-6-7-8-9-10-11-12-24-40-34-22-19-31(26-33(34)37)36(39)42-32-20-17-29(18-21-32)28-13-15-30(16-14-28)35(38)41-25-23-27(3)5-2/h13-22,26-27H,4-12,23-25H2,1-3H3/t27-/m0/s1. The van der Waals surface area contributed by atoms with Crippen LogP contribution in [0.1, 0.15) is 106 Å². The lowest BCUT2D eigenvalue weighted by molar-refractivity contribution is 0.0484. The predicted octanol–water partition coefficient (Wildman–Crippen LogP) is 9.82. The van der Waals surface area contributed by atoms with E-state index >= 15 is 0 Å². The minimum absolute atomic E-state index is 0.114. The summed E-state index contributed by atoms with van der Waals surface area (Å²) in [4.78, 5) is 24.9. The maximum atomic E-state index is 14.6. The van der Waals surface area contributed by atoms with Crippen LogP contribution in [0, 0.1) is 11.7 Å². The van der Waals surface area contributed by atoms with Gasteiger partial charge in [-0.15, -0.1) is 0 Å². The van der Waals surface area contributed by atoms with Crippen molar-refractivity contribution in [1.82, 2.24) is 0 Å². The molecule has 0 aliphatic rings. The number of hydrogen-bond acceptors (Lipinski definition) is 5. The van der Waals surface area contributed by atoms with Gasteiger partial charge in [-0.25, -0.2) is 14.0 Å². The number of rotatable bonds is 18. The Kier molecular flexibility index (Phi) is 14.1. The predicted molar refractivity (Wildman–Crippen MR) is 166 cm³/mol. The first-order valence-corrected chi connectivity index (χ1v) is 15.4. The van der Waals surface area contributed by atoms with E-state index in [9.17, 15) is 14.0 Å². The molecule has 0 amide bonds. The van der Waals surface area contributed by atoms with Gasteiger partial charge in [-0.05, 0) is 72.4 Å². The third-order valence-electron chi connectivity index (χ3n) is 7.48. The van der Waals surface area contributed by atoms with Crippen molar-refractivity contribution in [3.05, 3.63) is 83.7 Å². The van der Waals surface area contributed by atoms with E-state index in [-0.39, 0.29) is 17.3 Å². The zero-order chi connectivity index (χ0) is 30.2. The molecule has 42 heavy (non-hydrogen) atoms. The number of unbranched alkanes of at least 4 members (excludes halogenated alkanes) is 7. The summed E-state index contributed by atoms with van der Waals surface area (Å²) >= 11 is 0. The molecule has 0 spiro atoms. The van der Waals surface area contributed by atoms with Crippen LogP contribution < -0.4 is 9.47 Å². The highest BCUT2D eigenvalue weighted by molar-refractivity contribution is 5.91. The zero-order valence-electron chi connectivity index (χ0n) is 25.3. The van der Waals surface area contributed by atoms with E-state index in [0.29, 0.717) is 30.4 Å². The van der Waals surface area contributed by atoms with E-state index in [0.717, 1.165) is 42.9 Å². The second kappa shape index (κ2) is 18.0. The molecule has 0 heterocycles.